The Morgan fingerprint density at radius 1 is 1.36 bits per heavy atom. The van der Waals surface area contributed by atoms with Gasteiger partial charge in [0.25, 0.3) is 0 Å². The number of hydrogen-bond donors (Lipinski definition) is 0. The number of hydrogen-bond acceptors (Lipinski definition) is 1. The molecule has 0 aliphatic carbocycles. The van der Waals surface area contributed by atoms with Crippen molar-refractivity contribution in [3.63, 3.8) is 0 Å². The number of fused-ring (bicyclic) bond motifs is 1. The van der Waals surface area contributed by atoms with Crippen LogP contribution >= 0.6 is 0 Å². The molecule has 1 aromatic rings. The molecule has 0 radical (unpaired) electrons. The van der Waals surface area contributed by atoms with Crippen LogP contribution in [0.5, 0.6) is 5.75 Å². The van der Waals surface area contributed by atoms with E-state index < -0.39 is 0 Å². The summed E-state index contributed by atoms with van der Waals surface area (Å²) in [6.07, 6.45) is 0.933. The van der Waals surface area contributed by atoms with Gasteiger partial charge < -0.3 is 4.74 Å². The summed E-state index contributed by atoms with van der Waals surface area (Å²) in [7, 11) is 0. The van der Waals surface area contributed by atoms with E-state index in [1.165, 1.54) is 11.1 Å². The molecule has 74 valence electrons. The highest BCUT2D eigenvalue weighted by Crippen LogP contribution is 2.35. The summed E-state index contributed by atoms with van der Waals surface area (Å²) in [4.78, 5) is 0. The third kappa shape index (κ3) is 1.43. The van der Waals surface area contributed by atoms with Crippen molar-refractivity contribution < 1.29 is 4.74 Å². The molecule has 0 spiro atoms. The van der Waals surface area contributed by atoms with Gasteiger partial charge in [0.05, 0.1) is 0 Å². The first kappa shape index (κ1) is 9.32. The Morgan fingerprint density at radius 2 is 2.07 bits per heavy atom. The van der Waals surface area contributed by atoms with Crippen LogP contribution in [-0.4, -0.2) is 5.60 Å². The Morgan fingerprint density at radius 3 is 2.79 bits per heavy atom. The SMILES string of the molecule is C=C1Cc2ccc(C)cc2OC1(C)C. The smallest absolute Gasteiger partial charge is 0.124 e. The van der Waals surface area contributed by atoms with Gasteiger partial charge in [0.1, 0.15) is 11.4 Å². The van der Waals surface area contributed by atoms with Gasteiger partial charge in [-0.3, -0.25) is 0 Å². The molecule has 0 N–H and O–H groups in total. The standard InChI is InChI=1S/C13H16O/c1-9-5-6-11-8-10(2)13(3,4)14-12(11)7-9/h5-7H,2,8H2,1,3-4H3. The first-order chi connectivity index (χ1) is 6.49. The van der Waals surface area contributed by atoms with Crippen LogP contribution in [0.1, 0.15) is 25.0 Å². The van der Waals surface area contributed by atoms with Gasteiger partial charge in [-0.05, 0) is 43.5 Å². The highest BCUT2D eigenvalue weighted by Gasteiger charge is 2.29. The normalized spacial score (nSPS) is 18.6. The van der Waals surface area contributed by atoms with E-state index in [0.29, 0.717) is 0 Å². The van der Waals surface area contributed by atoms with Gasteiger partial charge in [0, 0.05) is 6.42 Å². The van der Waals surface area contributed by atoms with Crippen LogP contribution in [0.15, 0.2) is 30.4 Å². The van der Waals surface area contributed by atoms with Gasteiger partial charge in [-0.15, -0.1) is 0 Å². The fourth-order valence-electron chi connectivity index (χ4n) is 1.69. The van der Waals surface area contributed by atoms with Crippen molar-refractivity contribution in [1.29, 1.82) is 0 Å². The van der Waals surface area contributed by atoms with E-state index in [1.807, 2.05) is 0 Å². The zero-order valence-electron chi connectivity index (χ0n) is 9.05. The van der Waals surface area contributed by atoms with Crippen LogP contribution in [0.3, 0.4) is 0 Å². The lowest BCUT2D eigenvalue weighted by Gasteiger charge is -2.34. The first-order valence-electron chi connectivity index (χ1n) is 4.96. The summed E-state index contributed by atoms with van der Waals surface area (Å²) >= 11 is 0. The maximum Gasteiger partial charge on any atom is 0.124 e. The molecular weight excluding hydrogens is 172 g/mol. The molecule has 0 atom stereocenters. The molecule has 0 bridgehead atoms. The van der Waals surface area contributed by atoms with Crippen molar-refractivity contribution in [1.82, 2.24) is 0 Å². The van der Waals surface area contributed by atoms with Gasteiger partial charge in [0.2, 0.25) is 0 Å². The van der Waals surface area contributed by atoms with E-state index in [1.54, 1.807) is 0 Å². The van der Waals surface area contributed by atoms with Crippen molar-refractivity contribution >= 4 is 0 Å². The van der Waals surface area contributed by atoms with Crippen LogP contribution < -0.4 is 4.74 Å². The molecular formula is C13H16O. The van der Waals surface area contributed by atoms with E-state index in [4.69, 9.17) is 4.74 Å². The summed E-state index contributed by atoms with van der Waals surface area (Å²) in [5, 5.41) is 0. The zero-order valence-corrected chi connectivity index (χ0v) is 9.05. The molecule has 0 unspecified atom stereocenters. The van der Waals surface area contributed by atoms with E-state index >= 15 is 0 Å². The van der Waals surface area contributed by atoms with Crippen molar-refractivity contribution in [2.45, 2.75) is 32.8 Å². The average Bonchev–Trinajstić information content (AvgIpc) is 2.07. The molecule has 1 aliphatic rings. The molecule has 0 fully saturated rings. The summed E-state index contributed by atoms with van der Waals surface area (Å²) in [5.74, 6) is 1.02. The molecule has 0 amide bonds. The Bertz CT molecular complexity index is 388. The Kier molecular flexibility index (Phi) is 1.91. The fraction of sp³-hybridized carbons (Fsp3) is 0.385. The van der Waals surface area contributed by atoms with Gasteiger partial charge in [-0.1, -0.05) is 18.7 Å². The van der Waals surface area contributed by atoms with Crippen molar-refractivity contribution in [2.24, 2.45) is 0 Å². The molecule has 1 aromatic carbocycles. The van der Waals surface area contributed by atoms with Crippen molar-refractivity contribution in [3.8, 4) is 5.75 Å². The van der Waals surface area contributed by atoms with E-state index in [2.05, 4.69) is 45.5 Å². The maximum absolute atomic E-state index is 5.91. The molecule has 1 heteroatoms. The average molecular weight is 188 g/mol. The molecule has 1 heterocycles. The fourth-order valence-corrected chi connectivity index (χ4v) is 1.69. The van der Waals surface area contributed by atoms with E-state index in [9.17, 15) is 0 Å². The lowest BCUT2D eigenvalue weighted by molar-refractivity contribution is 0.134. The minimum atomic E-state index is -0.221. The quantitative estimate of drug-likeness (QED) is 0.568. The summed E-state index contributed by atoms with van der Waals surface area (Å²) < 4.78 is 5.91. The van der Waals surface area contributed by atoms with Gasteiger partial charge >= 0.3 is 0 Å². The molecule has 1 aliphatic heterocycles. The molecule has 0 saturated heterocycles. The molecule has 2 rings (SSSR count). The maximum atomic E-state index is 5.91. The van der Waals surface area contributed by atoms with Gasteiger partial charge in [0.15, 0.2) is 0 Å². The van der Waals surface area contributed by atoms with E-state index in [0.717, 1.165) is 17.7 Å². The van der Waals surface area contributed by atoms with Crippen molar-refractivity contribution in [2.75, 3.05) is 0 Å². The summed E-state index contributed by atoms with van der Waals surface area (Å²) in [6.45, 7) is 10.3. The number of ether oxygens (including phenoxy) is 1. The third-order valence-corrected chi connectivity index (χ3v) is 2.84. The van der Waals surface area contributed by atoms with Crippen LogP contribution in [0.4, 0.5) is 0 Å². The van der Waals surface area contributed by atoms with Crippen molar-refractivity contribution in [3.05, 3.63) is 41.5 Å². The predicted octanol–water partition coefficient (Wildman–Crippen LogP) is 3.26. The molecule has 1 nitrogen and oxygen atoms in total. The minimum Gasteiger partial charge on any atom is -0.483 e. The zero-order chi connectivity index (χ0) is 10.3. The van der Waals surface area contributed by atoms with Crippen LogP contribution in [0.25, 0.3) is 0 Å². The number of rotatable bonds is 0. The highest BCUT2D eigenvalue weighted by atomic mass is 16.5. The first-order valence-corrected chi connectivity index (χ1v) is 4.96. The van der Waals surface area contributed by atoms with Crippen LogP contribution in [0, 0.1) is 6.92 Å². The largest absolute Gasteiger partial charge is 0.483 e. The topological polar surface area (TPSA) is 9.23 Å². The third-order valence-electron chi connectivity index (χ3n) is 2.84. The summed E-state index contributed by atoms with van der Waals surface area (Å²) in [6, 6.07) is 6.35. The number of aryl methyl sites for hydroxylation is 1. The molecule has 0 saturated carbocycles. The van der Waals surface area contributed by atoms with E-state index in [-0.39, 0.29) is 5.60 Å². The van der Waals surface area contributed by atoms with Crippen LogP contribution in [0.2, 0.25) is 0 Å². The monoisotopic (exact) mass is 188 g/mol. The van der Waals surface area contributed by atoms with Gasteiger partial charge in [-0.25, -0.2) is 0 Å². The number of benzene rings is 1. The lowest BCUT2D eigenvalue weighted by Crippen LogP contribution is -2.34. The summed E-state index contributed by atoms with van der Waals surface area (Å²) in [5.41, 5.74) is 3.42. The predicted molar refractivity (Wildman–Crippen MR) is 58.7 cm³/mol. The molecule has 14 heavy (non-hydrogen) atoms. The van der Waals surface area contributed by atoms with Crippen LogP contribution in [-0.2, 0) is 6.42 Å². The van der Waals surface area contributed by atoms with Gasteiger partial charge in [-0.2, -0.15) is 0 Å². The second-order valence-corrected chi connectivity index (χ2v) is 4.50. The minimum absolute atomic E-state index is 0.221. The Hall–Kier alpha value is -1.24. The lowest BCUT2D eigenvalue weighted by atomic mass is 9.89. The Labute approximate surface area is 85.4 Å². The second kappa shape index (κ2) is 2.88. The Balaban J connectivity index is 2.46. The highest BCUT2D eigenvalue weighted by molar-refractivity contribution is 5.44. The molecule has 0 aromatic heterocycles. The second-order valence-electron chi connectivity index (χ2n) is 4.50.